The molecule has 0 aromatic carbocycles. The number of hydrogen-bond acceptors (Lipinski definition) is 3. The van der Waals surface area contributed by atoms with Crippen LogP contribution < -0.4 is 10.6 Å². The summed E-state index contributed by atoms with van der Waals surface area (Å²) < 4.78 is 0. The van der Waals surface area contributed by atoms with E-state index in [1.165, 1.54) is 25.7 Å². The first kappa shape index (κ1) is 13.8. The van der Waals surface area contributed by atoms with Crippen molar-refractivity contribution in [2.45, 2.75) is 70.1 Å². The molecular formula is C14H27N3O. The van der Waals surface area contributed by atoms with Gasteiger partial charge in [0.2, 0.25) is 5.91 Å². The van der Waals surface area contributed by atoms with Gasteiger partial charge in [-0.15, -0.1) is 0 Å². The van der Waals surface area contributed by atoms with Crippen molar-refractivity contribution < 1.29 is 4.79 Å². The average molecular weight is 253 g/mol. The molecule has 0 aromatic heterocycles. The minimum absolute atomic E-state index is 0.0341. The van der Waals surface area contributed by atoms with Crippen molar-refractivity contribution in [1.29, 1.82) is 0 Å². The predicted molar refractivity (Wildman–Crippen MR) is 73.5 cm³/mol. The van der Waals surface area contributed by atoms with Crippen LogP contribution in [0.1, 0.15) is 46.0 Å². The standard InChI is InChI=1S/C14H27N3O/c1-4-7-16-14(18)10(2)17-12-5-6-13(17)9-11(8-12)15-3/h10-13,15H,4-9H2,1-3H3,(H,16,18). The van der Waals surface area contributed by atoms with Crippen LogP contribution in [0.25, 0.3) is 0 Å². The molecule has 18 heavy (non-hydrogen) atoms. The number of fused-ring (bicyclic) bond motifs is 2. The van der Waals surface area contributed by atoms with E-state index in [1.807, 2.05) is 0 Å². The molecule has 2 fully saturated rings. The van der Waals surface area contributed by atoms with E-state index in [0.29, 0.717) is 18.1 Å². The van der Waals surface area contributed by atoms with E-state index in [4.69, 9.17) is 0 Å². The van der Waals surface area contributed by atoms with Gasteiger partial charge in [0.25, 0.3) is 0 Å². The van der Waals surface area contributed by atoms with Gasteiger partial charge in [-0.05, 0) is 46.1 Å². The van der Waals surface area contributed by atoms with Crippen LogP contribution in [0, 0.1) is 0 Å². The van der Waals surface area contributed by atoms with Gasteiger partial charge in [-0.3, -0.25) is 9.69 Å². The normalized spacial score (nSPS) is 33.4. The molecule has 104 valence electrons. The van der Waals surface area contributed by atoms with Crippen LogP contribution in [-0.4, -0.2) is 48.6 Å². The molecule has 2 bridgehead atoms. The van der Waals surface area contributed by atoms with Crippen molar-refractivity contribution in [3.8, 4) is 0 Å². The lowest BCUT2D eigenvalue weighted by molar-refractivity contribution is -0.127. The van der Waals surface area contributed by atoms with E-state index >= 15 is 0 Å². The first-order valence-corrected chi connectivity index (χ1v) is 7.39. The lowest BCUT2D eigenvalue weighted by atomic mass is 9.95. The molecule has 4 nitrogen and oxygen atoms in total. The molecule has 2 saturated heterocycles. The molecule has 0 radical (unpaired) electrons. The van der Waals surface area contributed by atoms with Gasteiger partial charge in [0, 0.05) is 24.7 Å². The SMILES string of the molecule is CCCNC(=O)C(C)N1C2CCC1CC(NC)C2. The number of carbonyl (C=O) groups excluding carboxylic acids is 1. The third-order valence-corrected chi connectivity index (χ3v) is 4.57. The third-order valence-electron chi connectivity index (χ3n) is 4.57. The second-order valence-electron chi connectivity index (χ2n) is 5.76. The third kappa shape index (κ3) is 2.69. The lowest BCUT2D eigenvalue weighted by Crippen LogP contribution is -2.56. The quantitative estimate of drug-likeness (QED) is 0.771. The summed E-state index contributed by atoms with van der Waals surface area (Å²) in [5.74, 6) is 0.205. The van der Waals surface area contributed by atoms with Crippen molar-refractivity contribution in [3.05, 3.63) is 0 Å². The summed E-state index contributed by atoms with van der Waals surface area (Å²) in [5.41, 5.74) is 0. The minimum Gasteiger partial charge on any atom is -0.355 e. The molecule has 3 unspecified atom stereocenters. The Morgan fingerprint density at radius 3 is 2.44 bits per heavy atom. The maximum atomic E-state index is 12.1. The van der Waals surface area contributed by atoms with Crippen LogP contribution in [0.5, 0.6) is 0 Å². The van der Waals surface area contributed by atoms with Crippen LogP contribution in [0.3, 0.4) is 0 Å². The second kappa shape index (κ2) is 6.02. The Kier molecular flexibility index (Phi) is 4.62. The summed E-state index contributed by atoms with van der Waals surface area (Å²) >= 11 is 0. The van der Waals surface area contributed by atoms with Crippen LogP contribution in [0.15, 0.2) is 0 Å². The Labute approximate surface area is 110 Å². The van der Waals surface area contributed by atoms with E-state index in [1.54, 1.807) is 0 Å². The van der Waals surface area contributed by atoms with Crippen molar-refractivity contribution in [2.75, 3.05) is 13.6 Å². The van der Waals surface area contributed by atoms with Gasteiger partial charge in [-0.2, -0.15) is 0 Å². The molecule has 0 saturated carbocycles. The molecule has 0 aromatic rings. The summed E-state index contributed by atoms with van der Waals surface area (Å²) in [6, 6.07) is 1.88. The summed E-state index contributed by atoms with van der Waals surface area (Å²) in [4.78, 5) is 14.6. The maximum Gasteiger partial charge on any atom is 0.237 e. The van der Waals surface area contributed by atoms with Gasteiger partial charge < -0.3 is 10.6 Å². The minimum atomic E-state index is 0.0341. The summed E-state index contributed by atoms with van der Waals surface area (Å²) in [7, 11) is 2.05. The highest BCUT2D eigenvalue weighted by molar-refractivity contribution is 5.81. The highest BCUT2D eigenvalue weighted by Gasteiger charge is 2.43. The van der Waals surface area contributed by atoms with Crippen LogP contribution in [-0.2, 0) is 4.79 Å². The summed E-state index contributed by atoms with van der Waals surface area (Å²) in [6.07, 6.45) is 5.91. The van der Waals surface area contributed by atoms with Gasteiger partial charge in [0.15, 0.2) is 0 Å². The molecule has 2 aliphatic heterocycles. The molecule has 0 spiro atoms. The van der Waals surface area contributed by atoms with Gasteiger partial charge in [0.05, 0.1) is 6.04 Å². The van der Waals surface area contributed by atoms with Crippen LogP contribution >= 0.6 is 0 Å². The number of nitrogens with one attached hydrogen (secondary N) is 2. The fraction of sp³-hybridized carbons (Fsp3) is 0.929. The topological polar surface area (TPSA) is 44.4 Å². The van der Waals surface area contributed by atoms with Gasteiger partial charge >= 0.3 is 0 Å². The molecule has 2 heterocycles. The molecule has 3 atom stereocenters. The van der Waals surface area contributed by atoms with Crippen molar-refractivity contribution in [3.63, 3.8) is 0 Å². The molecule has 1 amide bonds. The first-order valence-electron chi connectivity index (χ1n) is 7.39. The van der Waals surface area contributed by atoms with E-state index in [0.717, 1.165) is 13.0 Å². The van der Waals surface area contributed by atoms with Crippen LogP contribution in [0.4, 0.5) is 0 Å². The van der Waals surface area contributed by atoms with Crippen LogP contribution in [0.2, 0.25) is 0 Å². The lowest BCUT2D eigenvalue weighted by Gasteiger charge is -2.41. The highest BCUT2D eigenvalue weighted by Crippen LogP contribution is 2.37. The zero-order valence-electron chi connectivity index (χ0n) is 11.9. The van der Waals surface area contributed by atoms with Crippen molar-refractivity contribution in [2.24, 2.45) is 0 Å². The second-order valence-corrected chi connectivity index (χ2v) is 5.76. The van der Waals surface area contributed by atoms with Crippen molar-refractivity contribution >= 4 is 5.91 Å². The van der Waals surface area contributed by atoms with E-state index in [-0.39, 0.29) is 11.9 Å². The number of nitrogens with zero attached hydrogens (tertiary/aromatic N) is 1. The fourth-order valence-electron chi connectivity index (χ4n) is 3.61. The van der Waals surface area contributed by atoms with Crippen molar-refractivity contribution in [1.82, 2.24) is 15.5 Å². The Balaban J connectivity index is 1.95. The summed E-state index contributed by atoms with van der Waals surface area (Å²) in [6.45, 7) is 4.95. The van der Waals surface area contributed by atoms with Gasteiger partial charge in [-0.25, -0.2) is 0 Å². The van der Waals surface area contributed by atoms with E-state index in [9.17, 15) is 4.79 Å². The maximum absolute atomic E-state index is 12.1. The first-order chi connectivity index (χ1) is 8.67. The average Bonchev–Trinajstić information content (AvgIpc) is 2.65. The molecule has 2 N–H and O–H groups in total. The fourth-order valence-corrected chi connectivity index (χ4v) is 3.61. The Hall–Kier alpha value is -0.610. The molecule has 2 aliphatic rings. The number of amides is 1. The molecule has 0 aliphatic carbocycles. The Morgan fingerprint density at radius 1 is 1.33 bits per heavy atom. The largest absolute Gasteiger partial charge is 0.355 e. The van der Waals surface area contributed by atoms with Gasteiger partial charge in [-0.1, -0.05) is 6.92 Å². The highest BCUT2D eigenvalue weighted by atomic mass is 16.2. The number of hydrogen-bond donors (Lipinski definition) is 2. The number of carbonyl (C=O) groups is 1. The molecular weight excluding hydrogens is 226 g/mol. The number of rotatable bonds is 5. The zero-order chi connectivity index (χ0) is 13.1. The summed E-state index contributed by atoms with van der Waals surface area (Å²) in [5, 5.41) is 6.43. The van der Waals surface area contributed by atoms with E-state index in [2.05, 4.69) is 36.4 Å². The van der Waals surface area contributed by atoms with Gasteiger partial charge in [0.1, 0.15) is 0 Å². The monoisotopic (exact) mass is 253 g/mol. The molecule has 4 heteroatoms. The smallest absolute Gasteiger partial charge is 0.237 e. The zero-order valence-corrected chi connectivity index (χ0v) is 11.9. The predicted octanol–water partition coefficient (Wildman–Crippen LogP) is 1.12. The number of piperidine rings is 1. The molecule has 2 rings (SSSR count). The Bertz CT molecular complexity index is 281. The Morgan fingerprint density at radius 2 is 1.94 bits per heavy atom. The van der Waals surface area contributed by atoms with E-state index < -0.39 is 0 Å².